The standard InChI is InChI=1S/C10H15N3O4S/c1-3-11-8-5-6-9(13(14)15)10(7-8)18(16,17)12-4-2/h5-7,11-12H,3-4H2,1-2H3. The third-order valence-electron chi connectivity index (χ3n) is 2.16. The number of anilines is 1. The average Bonchev–Trinajstić information content (AvgIpc) is 2.29. The highest BCUT2D eigenvalue weighted by atomic mass is 32.2. The predicted octanol–water partition coefficient (Wildman–Crippen LogP) is 1.32. The fraction of sp³-hybridized carbons (Fsp3) is 0.400. The number of nitrogens with one attached hydrogen (secondary N) is 2. The Balaban J connectivity index is 3.36. The molecule has 8 heteroatoms. The van der Waals surface area contributed by atoms with Gasteiger partial charge in [-0.2, -0.15) is 0 Å². The Morgan fingerprint density at radius 1 is 1.28 bits per heavy atom. The van der Waals surface area contributed by atoms with Crippen molar-refractivity contribution in [3.05, 3.63) is 28.3 Å². The summed E-state index contributed by atoms with van der Waals surface area (Å²) in [5, 5.41) is 13.7. The molecule has 0 saturated heterocycles. The van der Waals surface area contributed by atoms with E-state index in [9.17, 15) is 18.5 Å². The molecule has 1 aromatic rings. The first-order chi connectivity index (χ1) is 8.42. The molecule has 0 amide bonds. The number of nitro groups is 1. The highest BCUT2D eigenvalue weighted by molar-refractivity contribution is 7.89. The Bertz CT molecular complexity index is 542. The van der Waals surface area contributed by atoms with Gasteiger partial charge in [0.15, 0.2) is 4.90 Å². The quantitative estimate of drug-likeness (QED) is 0.601. The Labute approximate surface area is 105 Å². The van der Waals surface area contributed by atoms with Gasteiger partial charge in [-0.1, -0.05) is 6.92 Å². The second-order valence-corrected chi connectivity index (χ2v) is 5.21. The Morgan fingerprint density at radius 2 is 1.94 bits per heavy atom. The summed E-state index contributed by atoms with van der Waals surface area (Å²) in [7, 11) is -3.86. The van der Waals surface area contributed by atoms with Gasteiger partial charge in [0, 0.05) is 24.8 Å². The van der Waals surface area contributed by atoms with Crippen molar-refractivity contribution in [2.45, 2.75) is 18.7 Å². The minimum absolute atomic E-state index is 0.172. The fourth-order valence-electron chi connectivity index (χ4n) is 1.46. The predicted molar refractivity (Wildman–Crippen MR) is 68.1 cm³/mol. The highest BCUT2D eigenvalue weighted by Gasteiger charge is 2.25. The van der Waals surface area contributed by atoms with E-state index >= 15 is 0 Å². The molecule has 0 atom stereocenters. The van der Waals surface area contributed by atoms with Crippen molar-refractivity contribution in [2.24, 2.45) is 0 Å². The lowest BCUT2D eigenvalue weighted by molar-refractivity contribution is -0.387. The zero-order chi connectivity index (χ0) is 13.8. The summed E-state index contributed by atoms with van der Waals surface area (Å²) in [4.78, 5) is 9.80. The topological polar surface area (TPSA) is 101 Å². The monoisotopic (exact) mass is 273 g/mol. The maximum absolute atomic E-state index is 11.9. The van der Waals surface area contributed by atoms with E-state index < -0.39 is 20.6 Å². The van der Waals surface area contributed by atoms with Crippen LogP contribution in [0.1, 0.15) is 13.8 Å². The Kier molecular flexibility index (Phi) is 4.62. The van der Waals surface area contributed by atoms with Gasteiger partial charge >= 0.3 is 0 Å². The summed E-state index contributed by atoms with van der Waals surface area (Å²) in [6.45, 7) is 4.22. The van der Waals surface area contributed by atoms with Gasteiger partial charge in [0.1, 0.15) is 0 Å². The van der Waals surface area contributed by atoms with Gasteiger partial charge in [-0.05, 0) is 19.1 Å². The van der Waals surface area contributed by atoms with Crippen molar-refractivity contribution >= 4 is 21.4 Å². The Hall–Kier alpha value is -1.67. The van der Waals surface area contributed by atoms with E-state index in [-0.39, 0.29) is 11.4 Å². The molecule has 7 nitrogen and oxygen atoms in total. The molecule has 18 heavy (non-hydrogen) atoms. The van der Waals surface area contributed by atoms with Crippen LogP contribution in [-0.2, 0) is 10.0 Å². The maximum atomic E-state index is 11.9. The molecule has 0 bridgehead atoms. The summed E-state index contributed by atoms with van der Waals surface area (Å²) in [5.41, 5.74) is 0.0946. The first-order valence-electron chi connectivity index (χ1n) is 5.44. The molecule has 100 valence electrons. The molecule has 2 N–H and O–H groups in total. The smallest absolute Gasteiger partial charge is 0.289 e. The van der Waals surface area contributed by atoms with E-state index in [2.05, 4.69) is 10.0 Å². The molecule has 0 aliphatic carbocycles. The van der Waals surface area contributed by atoms with Gasteiger partial charge in [-0.25, -0.2) is 13.1 Å². The highest BCUT2D eigenvalue weighted by Crippen LogP contribution is 2.26. The summed E-state index contributed by atoms with van der Waals surface area (Å²) < 4.78 is 26.0. The van der Waals surface area contributed by atoms with E-state index in [1.807, 2.05) is 6.92 Å². The minimum Gasteiger partial charge on any atom is -0.385 e. The van der Waals surface area contributed by atoms with Crippen LogP contribution in [-0.4, -0.2) is 26.4 Å². The van der Waals surface area contributed by atoms with E-state index in [1.165, 1.54) is 18.2 Å². The van der Waals surface area contributed by atoms with Gasteiger partial charge in [-0.15, -0.1) is 0 Å². The molecule has 1 rings (SSSR count). The van der Waals surface area contributed by atoms with Gasteiger partial charge in [0.05, 0.1) is 4.92 Å². The molecule has 0 aliphatic heterocycles. The van der Waals surface area contributed by atoms with Crippen LogP contribution in [0, 0.1) is 10.1 Å². The summed E-state index contributed by atoms with van der Waals surface area (Å²) >= 11 is 0. The maximum Gasteiger partial charge on any atom is 0.289 e. The lowest BCUT2D eigenvalue weighted by atomic mass is 10.3. The van der Waals surface area contributed by atoms with Crippen LogP contribution in [0.25, 0.3) is 0 Å². The molecule has 0 fully saturated rings. The van der Waals surface area contributed by atoms with Crippen LogP contribution in [0.4, 0.5) is 11.4 Å². The van der Waals surface area contributed by atoms with Crippen molar-refractivity contribution < 1.29 is 13.3 Å². The second kappa shape index (κ2) is 5.78. The van der Waals surface area contributed by atoms with Crippen LogP contribution in [0.3, 0.4) is 0 Å². The first kappa shape index (κ1) is 14.4. The molecule has 0 radical (unpaired) electrons. The normalized spacial score (nSPS) is 11.2. The molecular formula is C10H15N3O4S. The summed E-state index contributed by atoms with van der Waals surface area (Å²) in [5.74, 6) is 0. The fourth-order valence-corrected chi connectivity index (χ4v) is 2.70. The van der Waals surface area contributed by atoms with Crippen LogP contribution < -0.4 is 10.0 Å². The molecule has 0 spiro atoms. The number of sulfonamides is 1. The van der Waals surface area contributed by atoms with Crippen LogP contribution in [0.15, 0.2) is 23.1 Å². The van der Waals surface area contributed by atoms with Gasteiger partial charge < -0.3 is 5.32 Å². The average molecular weight is 273 g/mol. The largest absolute Gasteiger partial charge is 0.385 e. The van der Waals surface area contributed by atoms with Gasteiger partial charge in [0.2, 0.25) is 10.0 Å². The third-order valence-corrected chi connectivity index (χ3v) is 3.74. The van der Waals surface area contributed by atoms with Crippen molar-refractivity contribution in [2.75, 3.05) is 18.4 Å². The molecular weight excluding hydrogens is 258 g/mol. The molecule has 0 heterocycles. The Morgan fingerprint density at radius 3 is 2.44 bits per heavy atom. The van der Waals surface area contributed by atoms with Crippen molar-refractivity contribution in [3.8, 4) is 0 Å². The summed E-state index contributed by atoms with van der Waals surface area (Å²) in [6, 6.07) is 3.93. The van der Waals surface area contributed by atoms with Crippen LogP contribution in [0.5, 0.6) is 0 Å². The van der Waals surface area contributed by atoms with E-state index in [1.54, 1.807) is 6.92 Å². The lowest BCUT2D eigenvalue weighted by Crippen LogP contribution is -2.24. The lowest BCUT2D eigenvalue weighted by Gasteiger charge is -2.08. The van der Waals surface area contributed by atoms with Gasteiger partial charge in [-0.3, -0.25) is 10.1 Å². The minimum atomic E-state index is -3.86. The van der Waals surface area contributed by atoms with E-state index in [0.717, 1.165) is 0 Å². The first-order valence-corrected chi connectivity index (χ1v) is 6.92. The number of benzene rings is 1. The van der Waals surface area contributed by atoms with Crippen molar-refractivity contribution in [3.63, 3.8) is 0 Å². The number of nitro benzene ring substituents is 1. The molecule has 0 unspecified atom stereocenters. The number of rotatable bonds is 6. The third kappa shape index (κ3) is 3.17. The zero-order valence-corrected chi connectivity index (χ0v) is 11.0. The van der Waals surface area contributed by atoms with Crippen LogP contribution >= 0.6 is 0 Å². The van der Waals surface area contributed by atoms with Crippen LogP contribution in [0.2, 0.25) is 0 Å². The number of hydrogen-bond acceptors (Lipinski definition) is 5. The van der Waals surface area contributed by atoms with Gasteiger partial charge in [0.25, 0.3) is 5.69 Å². The molecule has 0 aromatic heterocycles. The number of nitrogens with zero attached hydrogens (tertiary/aromatic N) is 1. The van der Waals surface area contributed by atoms with E-state index in [4.69, 9.17) is 0 Å². The van der Waals surface area contributed by atoms with E-state index in [0.29, 0.717) is 12.2 Å². The zero-order valence-electron chi connectivity index (χ0n) is 10.1. The molecule has 0 saturated carbocycles. The molecule has 1 aromatic carbocycles. The number of hydrogen-bond donors (Lipinski definition) is 2. The SMILES string of the molecule is CCNc1ccc([N+](=O)[O-])c(S(=O)(=O)NCC)c1. The second-order valence-electron chi connectivity index (χ2n) is 3.47. The summed E-state index contributed by atoms with van der Waals surface area (Å²) in [6.07, 6.45) is 0. The van der Waals surface area contributed by atoms with Crippen molar-refractivity contribution in [1.29, 1.82) is 0 Å². The van der Waals surface area contributed by atoms with Crippen molar-refractivity contribution in [1.82, 2.24) is 4.72 Å². The molecule has 0 aliphatic rings.